The van der Waals surface area contributed by atoms with Crippen LogP contribution in [0.2, 0.25) is 0 Å². The molecule has 0 fully saturated rings. The summed E-state index contributed by atoms with van der Waals surface area (Å²) in [5.74, 6) is 0.922. The van der Waals surface area contributed by atoms with Crippen molar-refractivity contribution in [1.82, 2.24) is 10.2 Å². The third kappa shape index (κ3) is 6.42. The first-order valence-electron chi connectivity index (χ1n) is 10.5. The van der Waals surface area contributed by atoms with Crippen LogP contribution in [0.4, 0.5) is 0 Å². The van der Waals surface area contributed by atoms with E-state index in [4.69, 9.17) is 18.6 Å². The van der Waals surface area contributed by atoms with Gasteiger partial charge in [0.15, 0.2) is 0 Å². The second-order valence-electron chi connectivity index (χ2n) is 7.23. The molecule has 0 aliphatic carbocycles. The fourth-order valence-electron chi connectivity index (χ4n) is 3.08. The van der Waals surface area contributed by atoms with Gasteiger partial charge in [-0.3, -0.25) is 0 Å². The van der Waals surface area contributed by atoms with Gasteiger partial charge in [-0.05, 0) is 53.2 Å². The van der Waals surface area contributed by atoms with E-state index >= 15 is 0 Å². The minimum absolute atomic E-state index is 0.0291. The van der Waals surface area contributed by atoms with Crippen LogP contribution in [0.3, 0.4) is 0 Å². The first-order valence-corrected chi connectivity index (χ1v) is 11.3. The molecular weight excluding hydrogens is 468 g/mol. The summed E-state index contributed by atoms with van der Waals surface area (Å²) in [4.78, 5) is 11.9. The minimum Gasteiger partial charge on any atom is -0.497 e. The molecule has 0 saturated heterocycles. The molecule has 0 aliphatic heterocycles. The minimum atomic E-state index is -1.11. The number of carboxylic acids is 1. The zero-order valence-corrected chi connectivity index (χ0v) is 19.8. The van der Waals surface area contributed by atoms with Crippen molar-refractivity contribution in [3.8, 4) is 28.7 Å². The van der Waals surface area contributed by atoms with E-state index in [1.54, 1.807) is 56.7 Å². The summed E-state index contributed by atoms with van der Waals surface area (Å²) in [5, 5.41) is 17.8. The van der Waals surface area contributed by atoms with Crippen LogP contribution in [-0.4, -0.2) is 35.5 Å². The summed E-state index contributed by atoms with van der Waals surface area (Å²) in [6.07, 6.45) is 1.53. The Bertz CT molecular complexity index is 1300. The maximum Gasteiger partial charge on any atom is 0.342 e. The zero-order chi connectivity index (χ0) is 24.6. The molecule has 8 nitrogen and oxygen atoms in total. The van der Waals surface area contributed by atoms with Crippen molar-refractivity contribution in [2.75, 3.05) is 14.2 Å². The highest BCUT2D eigenvalue weighted by atomic mass is 32.2. The molecule has 0 saturated carbocycles. The number of ether oxygens (including phenoxy) is 3. The number of methoxy groups -OCH3 is 2. The normalized spacial score (nSPS) is 11.2. The van der Waals surface area contributed by atoms with Gasteiger partial charge in [0.1, 0.15) is 28.8 Å². The van der Waals surface area contributed by atoms with E-state index in [9.17, 15) is 9.90 Å². The summed E-state index contributed by atoms with van der Waals surface area (Å²) in [5.41, 5.74) is 2.35. The van der Waals surface area contributed by atoms with Crippen molar-refractivity contribution in [3.05, 3.63) is 88.8 Å². The average molecular weight is 491 g/mol. The zero-order valence-electron chi connectivity index (χ0n) is 19.0. The first-order chi connectivity index (χ1) is 17.0. The Labute approximate surface area is 206 Å². The summed E-state index contributed by atoms with van der Waals surface area (Å²) in [7, 11) is 3.08. The molecule has 3 aromatic carbocycles. The molecule has 4 aromatic rings. The molecule has 9 heteroatoms. The maximum absolute atomic E-state index is 11.8. The van der Waals surface area contributed by atoms with Crippen LogP contribution in [0.1, 0.15) is 11.1 Å². The van der Waals surface area contributed by atoms with Crippen molar-refractivity contribution in [2.24, 2.45) is 0 Å². The number of carboxylic acid groups (broad SMARTS) is 1. The molecule has 0 unspecified atom stereocenters. The SMILES string of the molecule is COc1cc(OC)cc(-c2nnc(S/C(=C\c3ccc(OCc4ccccc4)cc3)C(=O)O)o2)c1. The van der Waals surface area contributed by atoms with Gasteiger partial charge >= 0.3 is 5.97 Å². The summed E-state index contributed by atoms with van der Waals surface area (Å²) < 4.78 is 22.0. The fourth-order valence-corrected chi connectivity index (χ4v) is 3.75. The molecule has 1 aromatic heterocycles. The molecular formula is C26H22N2O6S. The van der Waals surface area contributed by atoms with Crippen molar-refractivity contribution in [1.29, 1.82) is 0 Å². The van der Waals surface area contributed by atoms with E-state index in [2.05, 4.69) is 10.2 Å². The largest absolute Gasteiger partial charge is 0.497 e. The average Bonchev–Trinajstić information content (AvgIpc) is 3.36. The van der Waals surface area contributed by atoms with Gasteiger partial charge in [-0.2, -0.15) is 0 Å². The van der Waals surface area contributed by atoms with Crippen molar-refractivity contribution < 1.29 is 28.5 Å². The molecule has 0 atom stereocenters. The van der Waals surface area contributed by atoms with E-state index in [1.165, 1.54) is 6.08 Å². The van der Waals surface area contributed by atoms with Gasteiger partial charge in [0.25, 0.3) is 5.22 Å². The number of thioether (sulfide) groups is 1. The van der Waals surface area contributed by atoms with Crippen molar-refractivity contribution in [2.45, 2.75) is 11.8 Å². The summed E-state index contributed by atoms with van der Waals surface area (Å²) in [6.45, 7) is 0.449. The first kappa shape index (κ1) is 23.9. The van der Waals surface area contributed by atoms with E-state index in [1.807, 2.05) is 30.3 Å². The lowest BCUT2D eigenvalue weighted by Crippen LogP contribution is -1.97. The third-order valence-corrected chi connectivity index (χ3v) is 5.69. The predicted molar refractivity (Wildman–Crippen MR) is 132 cm³/mol. The van der Waals surface area contributed by atoms with Crippen molar-refractivity contribution >= 4 is 23.8 Å². The van der Waals surface area contributed by atoms with Crippen LogP contribution in [0.25, 0.3) is 17.5 Å². The lowest BCUT2D eigenvalue weighted by molar-refractivity contribution is -0.131. The van der Waals surface area contributed by atoms with Crippen molar-refractivity contribution in [3.63, 3.8) is 0 Å². The Morgan fingerprint density at radius 3 is 2.26 bits per heavy atom. The smallest absolute Gasteiger partial charge is 0.342 e. The van der Waals surface area contributed by atoms with E-state index in [0.717, 1.165) is 17.3 Å². The second-order valence-corrected chi connectivity index (χ2v) is 8.23. The number of nitrogens with zero attached hydrogens (tertiary/aromatic N) is 2. The molecule has 0 aliphatic rings. The Morgan fingerprint density at radius 2 is 1.63 bits per heavy atom. The van der Waals surface area contributed by atoms with Gasteiger partial charge in [-0.25, -0.2) is 4.79 Å². The lowest BCUT2D eigenvalue weighted by Gasteiger charge is -2.06. The van der Waals surface area contributed by atoms with Gasteiger partial charge in [-0.15, -0.1) is 10.2 Å². The molecule has 1 N–H and O–H groups in total. The second kappa shape index (κ2) is 11.3. The lowest BCUT2D eigenvalue weighted by atomic mass is 10.2. The number of hydrogen-bond acceptors (Lipinski definition) is 8. The Morgan fingerprint density at radius 1 is 0.943 bits per heavy atom. The summed E-state index contributed by atoms with van der Waals surface area (Å²) >= 11 is 0.866. The van der Waals surface area contributed by atoms with Crippen LogP contribution in [0, 0.1) is 0 Å². The molecule has 0 spiro atoms. The topological polar surface area (TPSA) is 104 Å². The van der Waals surface area contributed by atoms with Crippen LogP contribution < -0.4 is 14.2 Å². The number of benzene rings is 3. The number of aliphatic carboxylic acids is 1. The van der Waals surface area contributed by atoms with Gasteiger partial charge in [-0.1, -0.05) is 42.5 Å². The van der Waals surface area contributed by atoms with Crippen LogP contribution in [0.15, 0.2) is 87.3 Å². The van der Waals surface area contributed by atoms with Gasteiger partial charge in [0.2, 0.25) is 5.89 Å². The molecule has 35 heavy (non-hydrogen) atoms. The molecule has 4 rings (SSSR count). The standard InChI is InChI=1S/C26H22N2O6S/c1-31-21-13-19(14-22(15-21)32-2)24-27-28-26(34-24)35-23(25(29)30)12-17-8-10-20(11-9-17)33-16-18-6-4-3-5-7-18/h3-15H,16H2,1-2H3,(H,29,30)/b23-12-. The Hall–Kier alpha value is -4.24. The van der Waals surface area contributed by atoms with E-state index in [0.29, 0.717) is 35.0 Å². The quantitative estimate of drug-likeness (QED) is 0.226. The highest BCUT2D eigenvalue weighted by Gasteiger charge is 2.17. The molecule has 1 heterocycles. The number of carbonyl (C=O) groups is 1. The molecule has 178 valence electrons. The van der Waals surface area contributed by atoms with Gasteiger partial charge < -0.3 is 23.7 Å². The highest BCUT2D eigenvalue weighted by molar-refractivity contribution is 8.03. The monoisotopic (exact) mass is 490 g/mol. The van der Waals surface area contributed by atoms with Gasteiger partial charge in [0, 0.05) is 11.6 Å². The molecule has 0 bridgehead atoms. The number of hydrogen-bond donors (Lipinski definition) is 1. The van der Waals surface area contributed by atoms with Gasteiger partial charge in [0.05, 0.1) is 14.2 Å². The molecule has 0 radical (unpaired) electrons. The van der Waals surface area contributed by atoms with Crippen LogP contribution in [-0.2, 0) is 11.4 Å². The van der Waals surface area contributed by atoms with E-state index < -0.39 is 5.97 Å². The fraction of sp³-hybridized carbons (Fsp3) is 0.115. The third-order valence-electron chi connectivity index (χ3n) is 4.84. The van der Waals surface area contributed by atoms with E-state index in [-0.39, 0.29) is 16.0 Å². The number of aromatic nitrogens is 2. The van der Waals surface area contributed by atoms with Crippen LogP contribution in [0.5, 0.6) is 17.2 Å². The molecule has 0 amide bonds. The Balaban J connectivity index is 1.46. The highest BCUT2D eigenvalue weighted by Crippen LogP contribution is 2.33. The predicted octanol–water partition coefficient (Wildman–Crippen LogP) is 5.55. The van der Waals surface area contributed by atoms with Crippen LogP contribution >= 0.6 is 11.8 Å². The number of rotatable bonds is 10. The maximum atomic E-state index is 11.8. The summed E-state index contributed by atoms with van der Waals surface area (Å²) in [6, 6.07) is 22.2. The Kier molecular flexibility index (Phi) is 7.69.